The van der Waals surface area contributed by atoms with Crippen LogP contribution in [0.4, 0.5) is 4.39 Å². The molecule has 1 aromatic rings. The molecule has 0 unspecified atom stereocenters. The van der Waals surface area contributed by atoms with Crippen LogP contribution in [0.15, 0.2) is 18.2 Å². The van der Waals surface area contributed by atoms with Gasteiger partial charge in [-0.15, -0.1) is 0 Å². The van der Waals surface area contributed by atoms with E-state index >= 15 is 0 Å². The molecule has 1 saturated carbocycles. The Kier molecular flexibility index (Phi) is 2.55. The highest BCUT2D eigenvalue weighted by molar-refractivity contribution is 5.30. The molecular weight excluding hydrogens is 177 g/mol. The lowest BCUT2D eigenvalue weighted by Crippen LogP contribution is -2.27. The number of hydrogen-bond donors (Lipinski definition) is 1. The third-order valence-corrected chi connectivity index (χ3v) is 3.33. The molecule has 0 amide bonds. The van der Waals surface area contributed by atoms with Crippen molar-refractivity contribution in [3.63, 3.8) is 0 Å². The van der Waals surface area contributed by atoms with Crippen molar-refractivity contribution in [3.8, 4) is 0 Å². The first-order valence-corrected chi connectivity index (χ1v) is 5.20. The van der Waals surface area contributed by atoms with Crippen molar-refractivity contribution in [2.24, 2.45) is 11.7 Å². The topological polar surface area (TPSA) is 26.0 Å². The third kappa shape index (κ3) is 1.55. The monoisotopic (exact) mass is 193 g/mol. The van der Waals surface area contributed by atoms with E-state index in [2.05, 4.69) is 0 Å². The summed E-state index contributed by atoms with van der Waals surface area (Å²) in [6.07, 6.45) is 3.65. The second-order valence-corrected chi connectivity index (χ2v) is 4.17. The number of halogens is 1. The fraction of sp³-hybridized carbons (Fsp3) is 0.500. The summed E-state index contributed by atoms with van der Waals surface area (Å²) >= 11 is 0. The zero-order chi connectivity index (χ0) is 10.1. The van der Waals surface area contributed by atoms with Crippen LogP contribution in [0.1, 0.15) is 36.4 Å². The van der Waals surface area contributed by atoms with Gasteiger partial charge in [-0.05, 0) is 42.9 Å². The highest BCUT2D eigenvalue weighted by Gasteiger charge is 2.26. The zero-order valence-electron chi connectivity index (χ0n) is 8.46. The van der Waals surface area contributed by atoms with Gasteiger partial charge in [0.15, 0.2) is 0 Å². The molecule has 1 atom stereocenters. The molecule has 2 N–H and O–H groups in total. The summed E-state index contributed by atoms with van der Waals surface area (Å²) in [5.74, 6) is 0.424. The third-order valence-electron chi connectivity index (χ3n) is 3.33. The predicted molar refractivity (Wildman–Crippen MR) is 55.4 cm³/mol. The maximum atomic E-state index is 13.3. The molecule has 2 rings (SSSR count). The Morgan fingerprint density at radius 2 is 2.14 bits per heavy atom. The smallest absolute Gasteiger partial charge is 0.126 e. The van der Waals surface area contributed by atoms with Crippen molar-refractivity contribution < 1.29 is 4.39 Å². The normalized spacial score (nSPS) is 19.1. The Morgan fingerprint density at radius 3 is 2.71 bits per heavy atom. The highest BCUT2D eigenvalue weighted by atomic mass is 19.1. The van der Waals surface area contributed by atoms with E-state index in [-0.39, 0.29) is 11.9 Å². The second-order valence-electron chi connectivity index (χ2n) is 4.17. The summed E-state index contributed by atoms with van der Waals surface area (Å²) in [6, 6.07) is 5.21. The fourth-order valence-corrected chi connectivity index (χ4v) is 2.04. The van der Waals surface area contributed by atoms with Gasteiger partial charge >= 0.3 is 0 Å². The molecule has 2 heteroatoms. The van der Waals surface area contributed by atoms with Crippen LogP contribution in [0.5, 0.6) is 0 Å². The van der Waals surface area contributed by atoms with E-state index in [0.717, 1.165) is 5.56 Å². The zero-order valence-corrected chi connectivity index (χ0v) is 8.46. The van der Waals surface area contributed by atoms with Crippen LogP contribution in [0.2, 0.25) is 0 Å². The lowest BCUT2D eigenvalue weighted by Gasteiger charge is -2.32. The predicted octanol–water partition coefficient (Wildman–Crippen LogP) is 2.93. The van der Waals surface area contributed by atoms with Crippen LogP contribution in [0.25, 0.3) is 0 Å². The van der Waals surface area contributed by atoms with Gasteiger partial charge in [-0.3, -0.25) is 0 Å². The standard InChI is InChI=1S/C12H16FN/c1-8-10(6-3-7-11(8)13)12(14)9-4-2-5-9/h3,6-7,9,12H,2,4-5,14H2,1H3/t12-/m1/s1. The summed E-state index contributed by atoms with van der Waals surface area (Å²) in [7, 11) is 0. The van der Waals surface area contributed by atoms with Crippen LogP contribution in [-0.2, 0) is 0 Å². The number of benzene rings is 1. The molecule has 1 nitrogen and oxygen atoms in total. The molecule has 0 saturated heterocycles. The maximum absolute atomic E-state index is 13.3. The van der Waals surface area contributed by atoms with E-state index < -0.39 is 0 Å². The van der Waals surface area contributed by atoms with Gasteiger partial charge in [-0.25, -0.2) is 4.39 Å². The number of nitrogens with two attached hydrogens (primary N) is 1. The average molecular weight is 193 g/mol. The lowest BCUT2D eigenvalue weighted by atomic mass is 9.77. The van der Waals surface area contributed by atoms with Gasteiger partial charge in [0.2, 0.25) is 0 Å². The molecule has 1 aromatic carbocycles. The van der Waals surface area contributed by atoms with Crippen molar-refractivity contribution in [1.29, 1.82) is 0 Å². The summed E-state index contributed by atoms with van der Waals surface area (Å²) in [5.41, 5.74) is 7.80. The molecule has 1 fully saturated rings. The molecule has 0 spiro atoms. The van der Waals surface area contributed by atoms with Crippen molar-refractivity contribution in [2.45, 2.75) is 32.2 Å². The van der Waals surface area contributed by atoms with Gasteiger partial charge in [0, 0.05) is 6.04 Å². The van der Waals surface area contributed by atoms with Gasteiger partial charge in [-0.2, -0.15) is 0 Å². The van der Waals surface area contributed by atoms with E-state index in [9.17, 15) is 4.39 Å². The summed E-state index contributed by atoms with van der Waals surface area (Å²) in [4.78, 5) is 0. The van der Waals surface area contributed by atoms with E-state index in [4.69, 9.17) is 5.73 Å². The number of rotatable bonds is 2. The minimum atomic E-state index is -0.141. The van der Waals surface area contributed by atoms with E-state index in [0.29, 0.717) is 11.5 Å². The lowest BCUT2D eigenvalue weighted by molar-refractivity contribution is 0.263. The van der Waals surface area contributed by atoms with Gasteiger partial charge < -0.3 is 5.73 Å². The molecule has 0 aliphatic heterocycles. The van der Waals surface area contributed by atoms with Crippen molar-refractivity contribution in [1.82, 2.24) is 0 Å². The molecule has 0 bridgehead atoms. The second kappa shape index (κ2) is 3.70. The van der Waals surface area contributed by atoms with E-state index in [1.165, 1.54) is 25.3 Å². The van der Waals surface area contributed by atoms with Crippen LogP contribution in [-0.4, -0.2) is 0 Å². The molecule has 1 aliphatic carbocycles. The van der Waals surface area contributed by atoms with E-state index in [1.807, 2.05) is 13.0 Å². The first-order chi connectivity index (χ1) is 6.70. The highest BCUT2D eigenvalue weighted by Crippen LogP contribution is 2.37. The quantitative estimate of drug-likeness (QED) is 0.767. The van der Waals surface area contributed by atoms with Gasteiger partial charge in [-0.1, -0.05) is 18.6 Å². The molecule has 0 heterocycles. The maximum Gasteiger partial charge on any atom is 0.126 e. The molecule has 76 valence electrons. The molecular formula is C12H16FN. The van der Waals surface area contributed by atoms with Crippen molar-refractivity contribution in [3.05, 3.63) is 35.1 Å². The van der Waals surface area contributed by atoms with Gasteiger partial charge in [0.05, 0.1) is 0 Å². The molecule has 0 aromatic heterocycles. The Labute approximate surface area is 84.1 Å². The molecule has 0 radical (unpaired) electrons. The van der Waals surface area contributed by atoms with Crippen LogP contribution in [0, 0.1) is 18.7 Å². The Bertz CT molecular complexity index is 331. The summed E-state index contributed by atoms with van der Waals surface area (Å²) in [5, 5.41) is 0. The Hall–Kier alpha value is -0.890. The van der Waals surface area contributed by atoms with Crippen LogP contribution >= 0.6 is 0 Å². The van der Waals surface area contributed by atoms with Gasteiger partial charge in [0.25, 0.3) is 0 Å². The van der Waals surface area contributed by atoms with E-state index in [1.54, 1.807) is 6.07 Å². The number of hydrogen-bond acceptors (Lipinski definition) is 1. The van der Waals surface area contributed by atoms with Crippen LogP contribution < -0.4 is 5.73 Å². The molecule has 14 heavy (non-hydrogen) atoms. The Balaban J connectivity index is 2.26. The SMILES string of the molecule is Cc1c(F)cccc1[C@H](N)C1CCC1. The first kappa shape index (κ1) is 9.66. The first-order valence-electron chi connectivity index (χ1n) is 5.20. The largest absolute Gasteiger partial charge is 0.324 e. The Morgan fingerprint density at radius 1 is 1.43 bits per heavy atom. The molecule has 1 aliphatic rings. The minimum absolute atomic E-state index is 0.0273. The summed E-state index contributed by atoms with van der Waals surface area (Å²) < 4.78 is 13.3. The van der Waals surface area contributed by atoms with Crippen molar-refractivity contribution in [2.75, 3.05) is 0 Å². The minimum Gasteiger partial charge on any atom is -0.324 e. The van der Waals surface area contributed by atoms with Crippen molar-refractivity contribution >= 4 is 0 Å². The van der Waals surface area contributed by atoms with Gasteiger partial charge in [0.1, 0.15) is 5.82 Å². The van der Waals surface area contributed by atoms with Crippen LogP contribution in [0.3, 0.4) is 0 Å². The summed E-state index contributed by atoms with van der Waals surface area (Å²) in [6.45, 7) is 1.81. The fourth-order valence-electron chi connectivity index (χ4n) is 2.04. The average Bonchev–Trinajstić information content (AvgIpc) is 2.06.